The van der Waals surface area contributed by atoms with Crippen LogP contribution in [0.15, 0.2) is 12.2 Å². The van der Waals surface area contributed by atoms with E-state index in [2.05, 4.69) is 12.2 Å². The van der Waals surface area contributed by atoms with Gasteiger partial charge < -0.3 is 0 Å². The van der Waals surface area contributed by atoms with Crippen molar-refractivity contribution in [3.8, 4) is 0 Å². The van der Waals surface area contributed by atoms with Crippen LogP contribution in [0.4, 0.5) is 0 Å². The SMILES string of the molecule is Cl[C@@H]1[C@H](Cl)[C@H]2CC=C[C@@H]12. The van der Waals surface area contributed by atoms with Gasteiger partial charge in [-0.05, 0) is 18.3 Å². The van der Waals surface area contributed by atoms with Crippen molar-refractivity contribution in [3.05, 3.63) is 12.2 Å². The van der Waals surface area contributed by atoms with Gasteiger partial charge in [0.05, 0.1) is 10.8 Å². The van der Waals surface area contributed by atoms with Gasteiger partial charge in [0, 0.05) is 0 Å². The molecule has 0 spiro atoms. The summed E-state index contributed by atoms with van der Waals surface area (Å²) in [6.07, 6.45) is 5.52. The molecule has 9 heavy (non-hydrogen) atoms. The number of alkyl halides is 2. The standard InChI is InChI=1S/C7H8Cl2/c8-6-4-2-1-3-5(4)7(6)9/h1-2,4-7H,3H2/t4-,5+,6+,7-/m1/s1. The lowest BCUT2D eigenvalue weighted by Crippen LogP contribution is -2.46. The van der Waals surface area contributed by atoms with Gasteiger partial charge >= 0.3 is 0 Å². The predicted molar refractivity (Wildman–Crippen MR) is 40.0 cm³/mol. The third-order valence-electron chi connectivity index (χ3n) is 2.34. The average molecular weight is 163 g/mol. The summed E-state index contributed by atoms with van der Waals surface area (Å²) in [5.74, 6) is 1.25. The van der Waals surface area contributed by atoms with Gasteiger partial charge in [-0.25, -0.2) is 0 Å². The van der Waals surface area contributed by atoms with Crippen LogP contribution < -0.4 is 0 Å². The second-order valence-corrected chi connectivity index (χ2v) is 3.80. The molecule has 0 saturated heterocycles. The summed E-state index contributed by atoms with van der Waals surface area (Å²) < 4.78 is 0. The highest BCUT2D eigenvalue weighted by molar-refractivity contribution is 6.31. The number of rotatable bonds is 0. The molecule has 0 amide bonds. The molecule has 1 fully saturated rings. The van der Waals surface area contributed by atoms with E-state index >= 15 is 0 Å². The molecule has 2 heteroatoms. The molecule has 2 aliphatic carbocycles. The fourth-order valence-corrected chi connectivity index (χ4v) is 2.58. The Morgan fingerprint density at radius 3 is 2.67 bits per heavy atom. The minimum atomic E-state index is 0.204. The van der Waals surface area contributed by atoms with E-state index in [1.54, 1.807) is 0 Å². The van der Waals surface area contributed by atoms with Crippen LogP contribution in [0.2, 0.25) is 0 Å². The van der Waals surface area contributed by atoms with Gasteiger partial charge in [0.15, 0.2) is 0 Å². The van der Waals surface area contributed by atoms with Crippen molar-refractivity contribution < 1.29 is 0 Å². The Balaban J connectivity index is 2.12. The quantitative estimate of drug-likeness (QED) is 0.380. The summed E-state index contributed by atoms with van der Waals surface area (Å²) in [6.45, 7) is 0. The number of fused-ring (bicyclic) bond motifs is 1. The first-order chi connectivity index (χ1) is 4.30. The maximum Gasteiger partial charge on any atom is 0.0568 e. The molecule has 0 radical (unpaired) electrons. The van der Waals surface area contributed by atoms with Crippen molar-refractivity contribution in [2.45, 2.75) is 17.2 Å². The highest BCUT2D eigenvalue weighted by Gasteiger charge is 2.48. The smallest absolute Gasteiger partial charge is 0.0568 e. The van der Waals surface area contributed by atoms with Crippen LogP contribution in [-0.4, -0.2) is 10.8 Å². The molecule has 0 aromatic rings. The van der Waals surface area contributed by atoms with Gasteiger partial charge in [-0.1, -0.05) is 12.2 Å². The normalized spacial score (nSPS) is 54.9. The zero-order chi connectivity index (χ0) is 6.43. The Morgan fingerprint density at radius 1 is 1.22 bits per heavy atom. The maximum atomic E-state index is 5.93. The lowest BCUT2D eigenvalue weighted by molar-refractivity contribution is 0.266. The average Bonchev–Trinajstić information content (AvgIpc) is 2.30. The summed E-state index contributed by atoms with van der Waals surface area (Å²) in [6, 6.07) is 0. The number of halogens is 2. The minimum absolute atomic E-state index is 0.204. The first-order valence-corrected chi connectivity index (χ1v) is 4.13. The Bertz CT molecular complexity index is 153. The second kappa shape index (κ2) is 1.90. The molecule has 2 aliphatic rings. The van der Waals surface area contributed by atoms with Gasteiger partial charge in [0.1, 0.15) is 0 Å². The third kappa shape index (κ3) is 0.667. The van der Waals surface area contributed by atoms with Gasteiger partial charge in [0.2, 0.25) is 0 Å². The van der Waals surface area contributed by atoms with E-state index < -0.39 is 0 Å². The molecular weight excluding hydrogens is 155 g/mol. The van der Waals surface area contributed by atoms with E-state index in [0.29, 0.717) is 11.8 Å². The van der Waals surface area contributed by atoms with Crippen molar-refractivity contribution in [2.24, 2.45) is 11.8 Å². The van der Waals surface area contributed by atoms with Crippen LogP contribution in [-0.2, 0) is 0 Å². The second-order valence-electron chi connectivity index (χ2n) is 2.79. The molecule has 4 atom stereocenters. The van der Waals surface area contributed by atoms with E-state index in [4.69, 9.17) is 23.2 Å². The van der Waals surface area contributed by atoms with E-state index in [9.17, 15) is 0 Å². The van der Waals surface area contributed by atoms with Crippen LogP contribution in [0.5, 0.6) is 0 Å². The fraction of sp³-hybridized carbons (Fsp3) is 0.714. The lowest BCUT2D eigenvalue weighted by atomic mass is 9.75. The van der Waals surface area contributed by atoms with Crippen LogP contribution in [0, 0.1) is 11.8 Å². The Kier molecular flexibility index (Phi) is 1.28. The lowest BCUT2D eigenvalue weighted by Gasteiger charge is -2.41. The third-order valence-corrected chi connectivity index (χ3v) is 3.63. The summed E-state index contributed by atoms with van der Waals surface area (Å²) in [4.78, 5) is 0. The van der Waals surface area contributed by atoms with Crippen LogP contribution in [0.25, 0.3) is 0 Å². The molecular formula is C7H8Cl2. The number of hydrogen-bond donors (Lipinski definition) is 0. The van der Waals surface area contributed by atoms with Crippen LogP contribution >= 0.6 is 23.2 Å². The molecule has 0 aliphatic heterocycles. The van der Waals surface area contributed by atoms with Crippen molar-refractivity contribution >= 4 is 23.2 Å². The van der Waals surface area contributed by atoms with Crippen LogP contribution in [0.3, 0.4) is 0 Å². The van der Waals surface area contributed by atoms with Gasteiger partial charge in [-0.3, -0.25) is 0 Å². The highest BCUT2D eigenvalue weighted by atomic mass is 35.5. The topological polar surface area (TPSA) is 0 Å². The minimum Gasteiger partial charge on any atom is -0.121 e. The summed E-state index contributed by atoms with van der Waals surface area (Å²) in [7, 11) is 0. The van der Waals surface area contributed by atoms with Crippen LogP contribution in [0.1, 0.15) is 6.42 Å². The first kappa shape index (κ1) is 6.06. The molecule has 0 aromatic heterocycles. The molecule has 1 saturated carbocycles. The van der Waals surface area contributed by atoms with Crippen molar-refractivity contribution in [3.63, 3.8) is 0 Å². The van der Waals surface area contributed by atoms with Gasteiger partial charge in [0.25, 0.3) is 0 Å². The molecule has 50 valence electrons. The monoisotopic (exact) mass is 162 g/mol. The largest absolute Gasteiger partial charge is 0.121 e. The molecule has 0 unspecified atom stereocenters. The molecule has 0 aromatic carbocycles. The maximum absolute atomic E-state index is 5.93. The van der Waals surface area contributed by atoms with Crippen molar-refractivity contribution in [1.82, 2.24) is 0 Å². The highest BCUT2D eigenvalue weighted by Crippen LogP contribution is 2.48. The summed E-state index contributed by atoms with van der Waals surface area (Å²) in [5, 5.41) is 0.432. The fourth-order valence-electron chi connectivity index (χ4n) is 1.68. The zero-order valence-corrected chi connectivity index (χ0v) is 6.44. The van der Waals surface area contributed by atoms with Gasteiger partial charge in [-0.15, -0.1) is 23.2 Å². The molecule has 0 bridgehead atoms. The zero-order valence-electron chi connectivity index (χ0n) is 4.93. The Hall–Kier alpha value is 0.320. The van der Waals surface area contributed by atoms with E-state index in [-0.39, 0.29) is 10.8 Å². The summed E-state index contributed by atoms with van der Waals surface area (Å²) >= 11 is 11.8. The van der Waals surface area contributed by atoms with E-state index in [0.717, 1.165) is 6.42 Å². The number of allylic oxidation sites excluding steroid dienone is 2. The van der Waals surface area contributed by atoms with E-state index in [1.807, 2.05) is 0 Å². The molecule has 0 nitrogen and oxygen atoms in total. The first-order valence-electron chi connectivity index (χ1n) is 3.25. The van der Waals surface area contributed by atoms with Crippen molar-refractivity contribution in [1.29, 1.82) is 0 Å². The van der Waals surface area contributed by atoms with E-state index in [1.165, 1.54) is 0 Å². The predicted octanol–water partition coefficient (Wildman–Crippen LogP) is 2.41. The number of hydrogen-bond acceptors (Lipinski definition) is 0. The van der Waals surface area contributed by atoms with Gasteiger partial charge in [-0.2, -0.15) is 0 Å². The molecule has 2 rings (SSSR count). The summed E-state index contributed by atoms with van der Waals surface area (Å²) in [5.41, 5.74) is 0. The Labute approximate surface area is 64.8 Å². The Morgan fingerprint density at radius 2 is 2.00 bits per heavy atom. The molecule has 0 heterocycles. The van der Waals surface area contributed by atoms with Crippen molar-refractivity contribution in [2.75, 3.05) is 0 Å². The molecule has 0 N–H and O–H groups in total.